The summed E-state index contributed by atoms with van der Waals surface area (Å²) in [5.74, 6) is 0.233. The average molecular weight is 390 g/mol. The summed E-state index contributed by atoms with van der Waals surface area (Å²) in [6.45, 7) is 0. The van der Waals surface area contributed by atoms with Gasteiger partial charge < -0.3 is 11.1 Å². The minimum Gasteiger partial charge on any atom is -0.383 e. The second-order valence-electron chi connectivity index (χ2n) is 6.05. The van der Waals surface area contributed by atoms with Crippen LogP contribution in [0.25, 0.3) is 16.8 Å². The van der Waals surface area contributed by atoms with Gasteiger partial charge in [-0.2, -0.15) is 5.10 Å². The van der Waals surface area contributed by atoms with Crippen molar-refractivity contribution >= 4 is 29.1 Å². The molecular weight excluding hydrogens is 374 g/mol. The Morgan fingerprint density at radius 2 is 1.71 bits per heavy atom. The number of rotatable bonds is 4. The second kappa shape index (κ2) is 7.54. The van der Waals surface area contributed by atoms with Gasteiger partial charge in [-0.15, -0.1) is 0 Å². The lowest BCUT2D eigenvalue weighted by molar-refractivity contribution is 0.102. The van der Waals surface area contributed by atoms with Gasteiger partial charge in [-0.05, 0) is 23.8 Å². The molecule has 1 amide bonds. The van der Waals surface area contributed by atoms with E-state index in [-0.39, 0.29) is 11.4 Å². The molecule has 0 unspecified atom stereocenters. The van der Waals surface area contributed by atoms with Gasteiger partial charge in [0.15, 0.2) is 0 Å². The molecule has 0 spiro atoms. The molecule has 2 heterocycles. The van der Waals surface area contributed by atoms with Crippen molar-refractivity contribution in [2.75, 3.05) is 11.1 Å². The molecule has 3 N–H and O–H groups in total. The monoisotopic (exact) mass is 389 g/mol. The lowest BCUT2D eigenvalue weighted by Crippen LogP contribution is -2.15. The molecule has 2 aromatic carbocycles. The van der Waals surface area contributed by atoms with Crippen molar-refractivity contribution < 1.29 is 4.79 Å². The highest BCUT2D eigenvalue weighted by atomic mass is 35.5. The number of hydrogen-bond acceptors (Lipinski definition) is 4. The number of carbonyl (C=O) groups excluding carboxylic acids is 1. The number of nitrogen functional groups attached to an aromatic ring is 1. The maximum atomic E-state index is 12.6. The van der Waals surface area contributed by atoms with Crippen LogP contribution < -0.4 is 11.1 Å². The van der Waals surface area contributed by atoms with Crippen molar-refractivity contribution in [1.82, 2.24) is 14.8 Å². The fourth-order valence-electron chi connectivity index (χ4n) is 2.88. The van der Waals surface area contributed by atoms with Gasteiger partial charge in [0.05, 0.1) is 16.9 Å². The number of amides is 1. The predicted molar refractivity (Wildman–Crippen MR) is 111 cm³/mol. The second-order valence-corrected chi connectivity index (χ2v) is 6.49. The van der Waals surface area contributed by atoms with Gasteiger partial charge >= 0.3 is 0 Å². The zero-order valence-electron chi connectivity index (χ0n) is 14.7. The average Bonchev–Trinajstić information content (AvgIpc) is 3.12. The number of halogens is 1. The van der Waals surface area contributed by atoms with E-state index >= 15 is 0 Å². The molecular formula is C21H16ClN5O. The molecule has 28 heavy (non-hydrogen) atoms. The number of benzene rings is 2. The summed E-state index contributed by atoms with van der Waals surface area (Å²) in [6, 6.07) is 20.9. The Balaban J connectivity index is 1.68. The van der Waals surface area contributed by atoms with Gasteiger partial charge in [-0.1, -0.05) is 60.1 Å². The first-order valence-electron chi connectivity index (χ1n) is 8.55. The number of pyridine rings is 1. The maximum absolute atomic E-state index is 12.6. The van der Waals surface area contributed by atoms with Gasteiger partial charge in [-0.3, -0.25) is 4.79 Å². The van der Waals surface area contributed by atoms with Crippen LogP contribution in [0, 0.1) is 0 Å². The molecule has 0 aliphatic heterocycles. The number of nitrogens with two attached hydrogens (primary N) is 1. The summed E-state index contributed by atoms with van der Waals surface area (Å²) < 4.78 is 1.56. The van der Waals surface area contributed by atoms with Crippen molar-refractivity contribution in [3.8, 4) is 16.8 Å². The van der Waals surface area contributed by atoms with Crippen LogP contribution in [-0.4, -0.2) is 20.7 Å². The molecule has 7 heteroatoms. The van der Waals surface area contributed by atoms with Crippen molar-refractivity contribution in [2.45, 2.75) is 0 Å². The third-order valence-corrected chi connectivity index (χ3v) is 4.46. The normalized spacial score (nSPS) is 10.6. The Hall–Kier alpha value is -3.64. The van der Waals surface area contributed by atoms with E-state index < -0.39 is 5.91 Å². The highest BCUT2D eigenvalue weighted by molar-refractivity contribution is 6.30. The molecule has 0 radical (unpaired) electrons. The standard InChI is InChI=1S/C21H16ClN5O/c22-15-10-11-19(24-12-15)26-21(28)17-13-25-27(20(17)23)18-9-5-4-8-16(18)14-6-2-1-3-7-14/h1-13H,23H2,(H,24,26,28). The van der Waals surface area contributed by atoms with Crippen LogP contribution in [0.4, 0.5) is 11.6 Å². The summed E-state index contributed by atoms with van der Waals surface area (Å²) in [5, 5.41) is 7.52. The quantitative estimate of drug-likeness (QED) is 0.541. The minimum absolute atomic E-state index is 0.245. The Morgan fingerprint density at radius 1 is 0.964 bits per heavy atom. The first-order valence-corrected chi connectivity index (χ1v) is 8.92. The van der Waals surface area contributed by atoms with Crippen LogP contribution in [0.1, 0.15) is 10.4 Å². The molecule has 0 aliphatic carbocycles. The van der Waals surface area contributed by atoms with Crippen LogP contribution in [0.5, 0.6) is 0 Å². The number of para-hydroxylation sites is 1. The number of nitrogens with zero attached hydrogens (tertiary/aromatic N) is 3. The van der Waals surface area contributed by atoms with E-state index in [1.54, 1.807) is 16.8 Å². The Morgan fingerprint density at radius 3 is 2.46 bits per heavy atom. The SMILES string of the molecule is Nc1c(C(=O)Nc2ccc(Cl)cn2)cnn1-c1ccccc1-c1ccccc1. The van der Waals surface area contributed by atoms with Gasteiger partial charge in [0.1, 0.15) is 17.2 Å². The number of hydrogen-bond donors (Lipinski definition) is 2. The summed E-state index contributed by atoms with van der Waals surface area (Å²) >= 11 is 5.82. The molecule has 6 nitrogen and oxygen atoms in total. The summed E-state index contributed by atoms with van der Waals surface area (Å²) in [6.07, 6.45) is 2.91. The van der Waals surface area contributed by atoms with Gasteiger partial charge in [0.2, 0.25) is 0 Å². The highest BCUT2D eigenvalue weighted by Crippen LogP contribution is 2.28. The van der Waals surface area contributed by atoms with E-state index in [1.165, 1.54) is 12.4 Å². The first-order chi connectivity index (χ1) is 13.6. The number of anilines is 2. The van der Waals surface area contributed by atoms with Crippen molar-refractivity contribution in [1.29, 1.82) is 0 Å². The van der Waals surface area contributed by atoms with E-state index in [0.29, 0.717) is 10.8 Å². The van der Waals surface area contributed by atoms with Crippen LogP contribution in [0.15, 0.2) is 79.1 Å². The third kappa shape index (κ3) is 3.45. The number of carbonyl (C=O) groups is 1. The van der Waals surface area contributed by atoms with Crippen LogP contribution in [0.3, 0.4) is 0 Å². The molecule has 0 aliphatic rings. The molecule has 4 aromatic rings. The van der Waals surface area contributed by atoms with Crippen LogP contribution >= 0.6 is 11.6 Å². The summed E-state index contributed by atoms with van der Waals surface area (Å²) in [5.41, 5.74) is 9.30. The third-order valence-electron chi connectivity index (χ3n) is 4.24. The zero-order valence-corrected chi connectivity index (χ0v) is 15.5. The number of nitrogens with one attached hydrogen (secondary N) is 1. The fourth-order valence-corrected chi connectivity index (χ4v) is 2.99. The number of aromatic nitrogens is 3. The topological polar surface area (TPSA) is 85.8 Å². The van der Waals surface area contributed by atoms with Gasteiger partial charge in [0.25, 0.3) is 5.91 Å². The molecule has 0 fully saturated rings. The van der Waals surface area contributed by atoms with Crippen molar-refractivity contribution in [3.05, 3.63) is 89.7 Å². The maximum Gasteiger partial charge on any atom is 0.262 e. The fraction of sp³-hybridized carbons (Fsp3) is 0. The Labute approximate surface area is 166 Å². The van der Waals surface area contributed by atoms with E-state index in [1.807, 2.05) is 54.6 Å². The molecule has 138 valence electrons. The smallest absolute Gasteiger partial charge is 0.262 e. The van der Waals surface area contributed by atoms with E-state index in [9.17, 15) is 4.79 Å². The first kappa shape index (κ1) is 17.8. The van der Waals surface area contributed by atoms with E-state index in [4.69, 9.17) is 17.3 Å². The lowest BCUT2D eigenvalue weighted by Gasteiger charge is -2.11. The lowest BCUT2D eigenvalue weighted by atomic mass is 10.0. The Kier molecular flexibility index (Phi) is 4.78. The van der Waals surface area contributed by atoms with Gasteiger partial charge in [0, 0.05) is 11.8 Å². The summed E-state index contributed by atoms with van der Waals surface area (Å²) in [4.78, 5) is 16.7. The van der Waals surface area contributed by atoms with Crippen molar-refractivity contribution in [3.63, 3.8) is 0 Å². The molecule has 0 atom stereocenters. The molecule has 0 bridgehead atoms. The minimum atomic E-state index is -0.393. The largest absolute Gasteiger partial charge is 0.383 e. The van der Waals surface area contributed by atoms with E-state index in [0.717, 1.165) is 16.8 Å². The molecule has 2 aromatic heterocycles. The zero-order chi connectivity index (χ0) is 19.5. The molecule has 0 saturated heterocycles. The van der Waals surface area contributed by atoms with Crippen LogP contribution in [0.2, 0.25) is 5.02 Å². The predicted octanol–water partition coefficient (Wildman–Crippen LogP) is 4.42. The molecule has 0 saturated carbocycles. The highest BCUT2D eigenvalue weighted by Gasteiger charge is 2.18. The van der Waals surface area contributed by atoms with E-state index in [2.05, 4.69) is 15.4 Å². The summed E-state index contributed by atoms with van der Waals surface area (Å²) in [7, 11) is 0. The van der Waals surface area contributed by atoms with Gasteiger partial charge in [-0.25, -0.2) is 9.67 Å². The Bertz CT molecular complexity index is 1120. The molecule has 4 rings (SSSR count). The van der Waals surface area contributed by atoms with Crippen LogP contribution in [-0.2, 0) is 0 Å². The van der Waals surface area contributed by atoms with Crippen molar-refractivity contribution in [2.24, 2.45) is 0 Å².